The molecule has 0 unspecified atom stereocenters. The minimum atomic E-state index is -4.85. The SMILES string of the molecule is O=C(CCNS(=O)(=O)c1ccc(OC(F)(F)F)cc1)N1CCC(N2CCCC2)CC1. The van der Waals surface area contributed by atoms with Gasteiger partial charge >= 0.3 is 6.36 Å². The fraction of sp³-hybridized carbons (Fsp3) is 0.632. The highest BCUT2D eigenvalue weighted by Gasteiger charge is 2.31. The second-order valence-electron chi connectivity index (χ2n) is 7.52. The molecule has 0 aromatic heterocycles. The molecule has 0 atom stereocenters. The molecular formula is C19H26F3N3O4S. The third kappa shape index (κ3) is 6.32. The van der Waals surface area contributed by atoms with Crippen LogP contribution in [-0.4, -0.2) is 69.3 Å². The predicted octanol–water partition coefficient (Wildman–Crippen LogP) is 2.34. The topological polar surface area (TPSA) is 78.9 Å². The van der Waals surface area contributed by atoms with Crippen LogP contribution in [0.3, 0.4) is 0 Å². The lowest BCUT2D eigenvalue weighted by Gasteiger charge is -2.36. The van der Waals surface area contributed by atoms with Crippen molar-refractivity contribution in [3.05, 3.63) is 24.3 Å². The second-order valence-corrected chi connectivity index (χ2v) is 9.29. The van der Waals surface area contributed by atoms with Crippen LogP contribution in [0.2, 0.25) is 0 Å². The van der Waals surface area contributed by atoms with Gasteiger partial charge in [0, 0.05) is 32.1 Å². The zero-order chi connectivity index (χ0) is 21.8. The number of likely N-dealkylation sites (tertiary alicyclic amines) is 2. The Kier molecular flexibility index (Phi) is 7.25. The molecule has 1 N–H and O–H groups in total. The first kappa shape index (κ1) is 22.8. The van der Waals surface area contributed by atoms with Crippen LogP contribution in [0.4, 0.5) is 13.2 Å². The van der Waals surface area contributed by atoms with Gasteiger partial charge in [0.25, 0.3) is 0 Å². The van der Waals surface area contributed by atoms with E-state index in [9.17, 15) is 26.4 Å². The molecule has 0 aliphatic carbocycles. The number of hydrogen-bond acceptors (Lipinski definition) is 5. The quantitative estimate of drug-likeness (QED) is 0.691. The number of halogens is 3. The molecule has 168 valence electrons. The Hall–Kier alpha value is -1.85. The number of amides is 1. The summed E-state index contributed by atoms with van der Waals surface area (Å²) >= 11 is 0. The number of benzene rings is 1. The van der Waals surface area contributed by atoms with E-state index in [-0.39, 0.29) is 23.8 Å². The smallest absolute Gasteiger partial charge is 0.406 e. The van der Waals surface area contributed by atoms with Crippen molar-refractivity contribution in [2.75, 3.05) is 32.7 Å². The maximum Gasteiger partial charge on any atom is 0.573 e. The molecule has 30 heavy (non-hydrogen) atoms. The highest BCUT2D eigenvalue weighted by Crippen LogP contribution is 2.24. The van der Waals surface area contributed by atoms with Gasteiger partial charge in [0.1, 0.15) is 5.75 Å². The maximum atomic E-state index is 12.4. The third-order valence-electron chi connectivity index (χ3n) is 5.47. The summed E-state index contributed by atoms with van der Waals surface area (Å²) in [5, 5.41) is 0. The van der Waals surface area contributed by atoms with Crippen LogP contribution < -0.4 is 9.46 Å². The van der Waals surface area contributed by atoms with Gasteiger partial charge in [-0.2, -0.15) is 0 Å². The van der Waals surface area contributed by atoms with Gasteiger partial charge in [-0.1, -0.05) is 0 Å². The van der Waals surface area contributed by atoms with Gasteiger partial charge in [-0.3, -0.25) is 4.79 Å². The Labute approximate surface area is 174 Å². The maximum absolute atomic E-state index is 12.4. The van der Waals surface area contributed by atoms with E-state index in [0.717, 1.165) is 50.2 Å². The number of carbonyl (C=O) groups is 1. The number of ether oxygens (including phenoxy) is 1. The van der Waals surface area contributed by atoms with Gasteiger partial charge < -0.3 is 14.5 Å². The first-order chi connectivity index (χ1) is 14.1. The highest BCUT2D eigenvalue weighted by molar-refractivity contribution is 7.89. The number of sulfonamides is 1. The van der Waals surface area contributed by atoms with Crippen LogP contribution in [0.5, 0.6) is 5.75 Å². The molecule has 2 heterocycles. The van der Waals surface area contributed by atoms with Gasteiger partial charge in [0.15, 0.2) is 0 Å². The minimum Gasteiger partial charge on any atom is -0.406 e. The average molecular weight is 449 g/mol. The molecule has 3 rings (SSSR count). The molecule has 7 nitrogen and oxygen atoms in total. The molecule has 0 radical (unpaired) electrons. The first-order valence-electron chi connectivity index (χ1n) is 10.0. The van der Waals surface area contributed by atoms with E-state index in [1.54, 1.807) is 4.90 Å². The number of nitrogens with zero attached hydrogens (tertiary/aromatic N) is 2. The number of carbonyl (C=O) groups excluding carboxylic acids is 1. The monoisotopic (exact) mass is 449 g/mol. The van der Waals surface area contributed by atoms with Gasteiger partial charge in [-0.15, -0.1) is 13.2 Å². The molecule has 1 amide bonds. The summed E-state index contributed by atoms with van der Waals surface area (Å²) in [5.74, 6) is -0.611. The van der Waals surface area contributed by atoms with Crippen LogP contribution in [0.1, 0.15) is 32.1 Å². The Morgan fingerprint density at radius 1 is 1.07 bits per heavy atom. The fourth-order valence-electron chi connectivity index (χ4n) is 3.94. The summed E-state index contributed by atoms with van der Waals surface area (Å²) in [7, 11) is -3.93. The number of alkyl halides is 3. The molecule has 1 aromatic carbocycles. The average Bonchev–Trinajstić information content (AvgIpc) is 3.22. The van der Waals surface area contributed by atoms with Crippen molar-refractivity contribution < 1.29 is 31.1 Å². The predicted molar refractivity (Wildman–Crippen MR) is 103 cm³/mol. The summed E-state index contributed by atoms with van der Waals surface area (Å²) in [6.45, 7) is 3.53. The van der Waals surface area contributed by atoms with Crippen molar-refractivity contribution in [1.82, 2.24) is 14.5 Å². The summed E-state index contributed by atoms with van der Waals surface area (Å²) in [6.07, 6.45) is -0.479. The first-order valence-corrected chi connectivity index (χ1v) is 11.5. The molecule has 2 aliphatic heterocycles. The molecule has 0 saturated carbocycles. The Morgan fingerprint density at radius 3 is 2.23 bits per heavy atom. The Bertz CT molecular complexity index is 816. The van der Waals surface area contributed by atoms with E-state index in [0.29, 0.717) is 19.1 Å². The molecule has 1 aromatic rings. The zero-order valence-electron chi connectivity index (χ0n) is 16.5. The summed E-state index contributed by atoms with van der Waals surface area (Å²) in [4.78, 5) is 16.4. The molecule has 2 aliphatic rings. The number of piperidine rings is 1. The number of rotatable bonds is 7. The van der Waals surface area contributed by atoms with Crippen LogP contribution in [0.25, 0.3) is 0 Å². The fourth-order valence-corrected chi connectivity index (χ4v) is 4.97. The lowest BCUT2D eigenvalue weighted by molar-refractivity contribution is -0.274. The third-order valence-corrected chi connectivity index (χ3v) is 6.95. The highest BCUT2D eigenvalue weighted by atomic mass is 32.2. The summed E-state index contributed by atoms with van der Waals surface area (Å²) < 4.78 is 67.1. The van der Waals surface area contributed by atoms with E-state index in [4.69, 9.17) is 0 Å². The van der Waals surface area contributed by atoms with E-state index in [1.165, 1.54) is 12.8 Å². The summed E-state index contributed by atoms with van der Waals surface area (Å²) in [5.41, 5.74) is 0. The van der Waals surface area contributed by atoms with Gasteiger partial charge in [-0.05, 0) is 63.0 Å². The normalized spacial score (nSPS) is 19.2. The Morgan fingerprint density at radius 2 is 1.67 bits per heavy atom. The lowest BCUT2D eigenvalue weighted by Crippen LogP contribution is -2.46. The van der Waals surface area contributed by atoms with E-state index < -0.39 is 22.1 Å². The zero-order valence-corrected chi connectivity index (χ0v) is 17.3. The number of nitrogens with one attached hydrogen (secondary N) is 1. The van der Waals surface area contributed by atoms with Crippen LogP contribution in [0.15, 0.2) is 29.2 Å². The lowest BCUT2D eigenvalue weighted by atomic mass is 10.0. The van der Waals surface area contributed by atoms with Crippen molar-refractivity contribution in [3.63, 3.8) is 0 Å². The molecule has 0 spiro atoms. The number of hydrogen-bond donors (Lipinski definition) is 1. The van der Waals surface area contributed by atoms with Crippen LogP contribution in [0, 0.1) is 0 Å². The van der Waals surface area contributed by atoms with E-state index in [2.05, 4.69) is 14.4 Å². The van der Waals surface area contributed by atoms with Crippen molar-refractivity contribution in [3.8, 4) is 5.75 Å². The van der Waals surface area contributed by atoms with Crippen LogP contribution in [-0.2, 0) is 14.8 Å². The van der Waals surface area contributed by atoms with Crippen molar-refractivity contribution >= 4 is 15.9 Å². The standard InChI is InChI=1S/C19H26F3N3O4S/c20-19(21,22)29-16-3-5-17(6-4-16)30(27,28)23-10-7-18(26)25-13-8-15(9-14-25)24-11-1-2-12-24/h3-6,15,23H,1-2,7-14H2. The van der Waals surface area contributed by atoms with Crippen LogP contribution >= 0.6 is 0 Å². The Balaban J connectivity index is 1.43. The van der Waals surface area contributed by atoms with Gasteiger partial charge in [0.05, 0.1) is 4.90 Å². The van der Waals surface area contributed by atoms with Crippen molar-refractivity contribution in [1.29, 1.82) is 0 Å². The molecule has 2 fully saturated rings. The molecular weight excluding hydrogens is 423 g/mol. The largest absolute Gasteiger partial charge is 0.573 e. The van der Waals surface area contributed by atoms with E-state index >= 15 is 0 Å². The van der Waals surface area contributed by atoms with Gasteiger partial charge in [-0.25, -0.2) is 13.1 Å². The minimum absolute atomic E-state index is 0.0306. The molecule has 2 saturated heterocycles. The van der Waals surface area contributed by atoms with Crippen molar-refractivity contribution in [2.24, 2.45) is 0 Å². The molecule has 0 bridgehead atoms. The van der Waals surface area contributed by atoms with Crippen molar-refractivity contribution in [2.45, 2.75) is 49.4 Å². The summed E-state index contributed by atoms with van der Waals surface area (Å²) in [6, 6.07) is 4.43. The van der Waals surface area contributed by atoms with E-state index in [1.807, 2.05) is 0 Å². The molecule has 11 heteroatoms. The van der Waals surface area contributed by atoms with Gasteiger partial charge in [0.2, 0.25) is 15.9 Å². The second kappa shape index (κ2) is 9.52.